The number of carbonyl (C=O) groups is 1. The molecule has 3 rings (SSSR count). The van der Waals surface area contributed by atoms with E-state index in [0.717, 1.165) is 16.9 Å². The van der Waals surface area contributed by atoms with Crippen molar-refractivity contribution in [3.8, 4) is 11.5 Å². The number of amides is 1. The van der Waals surface area contributed by atoms with Crippen molar-refractivity contribution in [1.29, 1.82) is 0 Å². The molecule has 0 aliphatic heterocycles. The van der Waals surface area contributed by atoms with Crippen molar-refractivity contribution >= 4 is 12.1 Å². The van der Waals surface area contributed by atoms with E-state index in [2.05, 4.69) is 10.5 Å². The molecular weight excluding hydrogens is 423 g/mol. The molecule has 0 aromatic heterocycles. The van der Waals surface area contributed by atoms with Crippen molar-refractivity contribution in [3.05, 3.63) is 95.3 Å². The third-order valence-electron chi connectivity index (χ3n) is 4.86. The second-order valence-electron chi connectivity index (χ2n) is 7.30. The summed E-state index contributed by atoms with van der Waals surface area (Å²) in [5, 5.41) is 14.2. The van der Waals surface area contributed by atoms with Gasteiger partial charge < -0.3 is 14.6 Å². The highest BCUT2D eigenvalue weighted by atomic mass is 19.1. The largest absolute Gasteiger partial charge is 0.494 e. The fourth-order valence-corrected chi connectivity index (χ4v) is 3.05. The standard InChI is InChI=1S/C26H27FN2O4/c1-2-32-22-13-9-20(10-14-22)25(30)15-16-26(31)29-28-17-19-7-11-23(12-8-19)33-18-21-5-3-4-6-24(21)27/h3-14,17,25,30H,2,15-16,18H2,1H3,(H,29,31)/b28-17-/t25-/m0/s1. The quantitative estimate of drug-likeness (QED) is 0.326. The van der Waals surface area contributed by atoms with Gasteiger partial charge in [-0.1, -0.05) is 30.3 Å². The maximum absolute atomic E-state index is 13.6. The lowest BCUT2D eigenvalue weighted by atomic mass is 10.0. The summed E-state index contributed by atoms with van der Waals surface area (Å²) in [7, 11) is 0. The molecule has 6 nitrogen and oxygen atoms in total. The second kappa shape index (κ2) is 12.4. The van der Waals surface area contributed by atoms with Crippen LogP contribution >= 0.6 is 0 Å². The minimum Gasteiger partial charge on any atom is -0.494 e. The highest BCUT2D eigenvalue weighted by Crippen LogP contribution is 2.21. The average Bonchev–Trinajstić information content (AvgIpc) is 2.83. The molecule has 0 saturated heterocycles. The van der Waals surface area contributed by atoms with E-state index < -0.39 is 6.10 Å². The molecule has 0 aliphatic carbocycles. The molecule has 0 radical (unpaired) electrons. The number of halogens is 1. The first-order valence-corrected chi connectivity index (χ1v) is 10.7. The number of ether oxygens (including phenoxy) is 2. The number of nitrogens with one attached hydrogen (secondary N) is 1. The van der Waals surface area contributed by atoms with E-state index in [1.807, 2.05) is 6.92 Å². The van der Waals surface area contributed by atoms with E-state index in [0.29, 0.717) is 17.9 Å². The van der Waals surface area contributed by atoms with Crippen LogP contribution in [-0.2, 0) is 11.4 Å². The third-order valence-corrected chi connectivity index (χ3v) is 4.86. The summed E-state index contributed by atoms with van der Waals surface area (Å²) >= 11 is 0. The van der Waals surface area contributed by atoms with Crippen molar-refractivity contribution in [2.24, 2.45) is 5.10 Å². The summed E-state index contributed by atoms with van der Waals surface area (Å²) < 4.78 is 24.6. The molecule has 0 unspecified atom stereocenters. The molecule has 0 spiro atoms. The van der Waals surface area contributed by atoms with Gasteiger partial charge in [-0.15, -0.1) is 0 Å². The van der Waals surface area contributed by atoms with Crippen molar-refractivity contribution in [2.45, 2.75) is 32.5 Å². The summed E-state index contributed by atoms with van der Waals surface area (Å²) in [5.41, 5.74) is 4.44. The van der Waals surface area contributed by atoms with Crippen molar-refractivity contribution in [2.75, 3.05) is 6.61 Å². The summed E-state index contributed by atoms with van der Waals surface area (Å²) in [5.74, 6) is 0.748. The highest BCUT2D eigenvalue weighted by Gasteiger charge is 2.10. The minimum absolute atomic E-state index is 0.133. The minimum atomic E-state index is -0.743. The van der Waals surface area contributed by atoms with Gasteiger partial charge in [-0.3, -0.25) is 4.79 Å². The van der Waals surface area contributed by atoms with Crippen LogP contribution in [0.15, 0.2) is 77.9 Å². The van der Waals surface area contributed by atoms with Gasteiger partial charge in [-0.25, -0.2) is 9.82 Å². The van der Waals surface area contributed by atoms with Crippen LogP contribution < -0.4 is 14.9 Å². The first kappa shape index (κ1) is 23.9. The van der Waals surface area contributed by atoms with Crippen LogP contribution in [0.5, 0.6) is 11.5 Å². The van der Waals surface area contributed by atoms with Gasteiger partial charge in [0.25, 0.3) is 0 Å². The summed E-state index contributed by atoms with van der Waals surface area (Å²) in [6.07, 6.45) is 1.19. The van der Waals surface area contributed by atoms with E-state index in [1.165, 1.54) is 12.3 Å². The number of carbonyl (C=O) groups excluding carboxylic acids is 1. The van der Waals surface area contributed by atoms with Gasteiger partial charge in [0, 0.05) is 12.0 Å². The fourth-order valence-electron chi connectivity index (χ4n) is 3.05. The van der Waals surface area contributed by atoms with Crippen LogP contribution in [0.1, 0.15) is 42.6 Å². The average molecular weight is 451 g/mol. The van der Waals surface area contributed by atoms with Crippen molar-refractivity contribution in [1.82, 2.24) is 5.43 Å². The Morgan fingerprint density at radius 2 is 1.70 bits per heavy atom. The molecule has 3 aromatic rings. The summed E-state index contributed by atoms with van der Waals surface area (Å²) in [6, 6.07) is 20.7. The number of nitrogens with zero attached hydrogens (tertiary/aromatic N) is 1. The number of aliphatic hydroxyl groups is 1. The van der Waals surface area contributed by atoms with Gasteiger partial charge in [-0.05, 0) is 66.9 Å². The molecule has 3 aromatic carbocycles. The second-order valence-corrected chi connectivity index (χ2v) is 7.30. The van der Waals surface area contributed by atoms with E-state index in [1.54, 1.807) is 66.7 Å². The predicted octanol–water partition coefficient (Wildman–Crippen LogP) is 4.77. The van der Waals surface area contributed by atoms with Gasteiger partial charge in [0.1, 0.15) is 23.9 Å². The molecule has 172 valence electrons. The first-order chi connectivity index (χ1) is 16.0. The van der Waals surface area contributed by atoms with Crippen LogP contribution in [0.2, 0.25) is 0 Å². The molecule has 2 N–H and O–H groups in total. The lowest BCUT2D eigenvalue weighted by Gasteiger charge is -2.11. The zero-order valence-electron chi connectivity index (χ0n) is 18.4. The molecule has 0 fully saturated rings. The van der Waals surface area contributed by atoms with Crippen molar-refractivity contribution < 1.29 is 23.8 Å². The Kier molecular flexibility index (Phi) is 8.97. The third kappa shape index (κ3) is 7.73. The molecule has 33 heavy (non-hydrogen) atoms. The topological polar surface area (TPSA) is 80.2 Å². The smallest absolute Gasteiger partial charge is 0.240 e. The molecular formula is C26H27FN2O4. The van der Waals surface area contributed by atoms with Gasteiger partial charge in [0.2, 0.25) is 5.91 Å². The van der Waals surface area contributed by atoms with Crippen LogP contribution in [0.4, 0.5) is 4.39 Å². The maximum Gasteiger partial charge on any atom is 0.240 e. The molecule has 0 heterocycles. The lowest BCUT2D eigenvalue weighted by molar-refractivity contribution is -0.121. The Morgan fingerprint density at radius 1 is 1.03 bits per heavy atom. The Labute approximate surface area is 192 Å². The molecule has 1 amide bonds. The van der Waals surface area contributed by atoms with Gasteiger partial charge >= 0.3 is 0 Å². The molecule has 0 aliphatic rings. The molecule has 1 atom stereocenters. The number of hydrogen-bond donors (Lipinski definition) is 2. The van der Waals surface area contributed by atoms with Crippen LogP contribution in [0, 0.1) is 5.82 Å². The van der Waals surface area contributed by atoms with Crippen molar-refractivity contribution in [3.63, 3.8) is 0 Å². The van der Waals surface area contributed by atoms with Gasteiger partial charge in [0.05, 0.1) is 18.9 Å². The Hall–Kier alpha value is -3.71. The number of aliphatic hydroxyl groups excluding tert-OH is 1. The van der Waals surface area contributed by atoms with E-state index in [-0.39, 0.29) is 31.2 Å². The monoisotopic (exact) mass is 450 g/mol. The summed E-state index contributed by atoms with van der Waals surface area (Å²) in [6.45, 7) is 2.62. The SMILES string of the molecule is CCOc1ccc([C@@H](O)CCC(=O)N/N=C\c2ccc(OCc3ccccc3F)cc2)cc1. The maximum atomic E-state index is 13.6. The van der Waals surface area contributed by atoms with E-state index >= 15 is 0 Å². The number of hydrogen-bond acceptors (Lipinski definition) is 5. The summed E-state index contributed by atoms with van der Waals surface area (Å²) in [4.78, 5) is 12.0. The predicted molar refractivity (Wildman–Crippen MR) is 125 cm³/mol. The molecule has 0 saturated carbocycles. The number of rotatable bonds is 11. The molecule has 7 heteroatoms. The Morgan fingerprint density at radius 3 is 2.39 bits per heavy atom. The highest BCUT2D eigenvalue weighted by molar-refractivity contribution is 5.82. The Bertz CT molecular complexity index is 1050. The number of hydrazone groups is 1. The van der Waals surface area contributed by atoms with Crippen LogP contribution in [0.25, 0.3) is 0 Å². The Balaban J connectivity index is 1.40. The van der Waals surface area contributed by atoms with E-state index in [4.69, 9.17) is 9.47 Å². The molecule has 0 bridgehead atoms. The van der Waals surface area contributed by atoms with Gasteiger partial charge in [-0.2, -0.15) is 5.10 Å². The van der Waals surface area contributed by atoms with Gasteiger partial charge in [0.15, 0.2) is 0 Å². The zero-order valence-corrected chi connectivity index (χ0v) is 18.4. The van der Waals surface area contributed by atoms with Crippen LogP contribution in [0.3, 0.4) is 0 Å². The van der Waals surface area contributed by atoms with E-state index in [9.17, 15) is 14.3 Å². The number of benzene rings is 3. The van der Waals surface area contributed by atoms with Crippen LogP contribution in [-0.4, -0.2) is 23.8 Å². The zero-order chi connectivity index (χ0) is 23.5. The normalized spacial score (nSPS) is 11.8. The lowest BCUT2D eigenvalue weighted by Crippen LogP contribution is -2.18. The fraction of sp³-hybridized carbons (Fsp3) is 0.231. The first-order valence-electron chi connectivity index (χ1n) is 10.7.